The van der Waals surface area contributed by atoms with E-state index in [9.17, 15) is 4.79 Å². The average Bonchev–Trinajstić information content (AvgIpc) is 2.36. The second-order valence-electron chi connectivity index (χ2n) is 3.19. The van der Waals surface area contributed by atoms with E-state index in [0.717, 1.165) is 0 Å². The van der Waals surface area contributed by atoms with E-state index in [4.69, 9.17) is 21.1 Å². The molecule has 1 aromatic carbocycles. The van der Waals surface area contributed by atoms with Crippen molar-refractivity contribution in [1.29, 1.82) is 0 Å². The van der Waals surface area contributed by atoms with E-state index in [0.29, 0.717) is 16.8 Å². The molecule has 1 aromatic heterocycles. The fourth-order valence-electron chi connectivity index (χ4n) is 1.51. The van der Waals surface area contributed by atoms with Gasteiger partial charge < -0.3 is 9.47 Å². The van der Waals surface area contributed by atoms with Crippen molar-refractivity contribution in [3.63, 3.8) is 0 Å². The zero-order chi connectivity index (χ0) is 12.4. The summed E-state index contributed by atoms with van der Waals surface area (Å²) in [5.74, 6) is -0.134. The molecule has 0 bridgehead atoms. The van der Waals surface area contributed by atoms with Crippen LogP contribution in [-0.4, -0.2) is 30.2 Å². The van der Waals surface area contributed by atoms with Crippen molar-refractivity contribution in [2.75, 3.05) is 14.2 Å². The van der Waals surface area contributed by atoms with Gasteiger partial charge in [-0.3, -0.25) is 4.98 Å². The first-order valence-electron chi connectivity index (χ1n) is 4.75. The van der Waals surface area contributed by atoms with Crippen LogP contribution in [-0.2, 0) is 4.74 Å². The predicted octanol–water partition coefficient (Wildman–Crippen LogP) is 2.08. The summed E-state index contributed by atoms with van der Waals surface area (Å²) in [7, 11) is 2.76. The Morgan fingerprint density at radius 3 is 2.76 bits per heavy atom. The second kappa shape index (κ2) is 4.55. The standard InChI is InChI=1S/C11H9ClN2O3/c1-16-7-4-3-6-10(9(7)11(15)17-2)13-5-8(12)14-6/h3-5H,1-2H3. The number of hydrogen-bond donors (Lipinski definition) is 0. The third-order valence-corrected chi connectivity index (χ3v) is 2.44. The fraction of sp³-hybridized carbons (Fsp3) is 0.182. The van der Waals surface area contributed by atoms with Crippen molar-refractivity contribution in [2.45, 2.75) is 0 Å². The number of aromatic nitrogens is 2. The molecule has 0 saturated heterocycles. The predicted molar refractivity (Wildman–Crippen MR) is 62.4 cm³/mol. The van der Waals surface area contributed by atoms with E-state index in [1.165, 1.54) is 20.4 Å². The highest BCUT2D eigenvalue weighted by Crippen LogP contribution is 2.26. The zero-order valence-corrected chi connectivity index (χ0v) is 9.99. The number of rotatable bonds is 2. The number of carbonyl (C=O) groups excluding carboxylic acids is 1. The summed E-state index contributed by atoms with van der Waals surface area (Å²) in [5, 5.41) is 0.262. The Morgan fingerprint density at radius 2 is 2.12 bits per heavy atom. The SMILES string of the molecule is COC(=O)c1c(OC)ccc2nc(Cl)cnc12. The normalized spacial score (nSPS) is 10.3. The second-order valence-corrected chi connectivity index (χ2v) is 3.58. The first-order valence-corrected chi connectivity index (χ1v) is 5.12. The van der Waals surface area contributed by atoms with E-state index in [-0.39, 0.29) is 10.7 Å². The highest BCUT2D eigenvalue weighted by Gasteiger charge is 2.18. The molecule has 0 aliphatic heterocycles. The number of fused-ring (bicyclic) bond motifs is 1. The highest BCUT2D eigenvalue weighted by molar-refractivity contribution is 6.29. The molecule has 2 rings (SSSR count). The maximum Gasteiger partial charge on any atom is 0.343 e. The van der Waals surface area contributed by atoms with Crippen molar-refractivity contribution in [1.82, 2.24) is 9.97 Å². The Kier molecular flexibility index (Phi) is 3.10. The molecule has 0 saturated carbocycles. The molecule has 0 radical (unpaired) electrons. The Balaban J connectivity index is 2.78. The van der Waals surface area contributed by atoms with Gasteiger partial charge in [0, 0.05) is 0 Å². The molecule has 0 fully saturated rings. The lowest BCUT2D eigenvalue weighted by Gasteiger charge is -2.08. The monoisotopic (exact) mass is 252 g/mol. The Labute approximate surface area is 102 Å². The maximum absolute atomic E-state index is 11.7. The Hall–Kier alpha value is -1.88. The maximum atomic E-state index is 11.7. The van der Waals surface area contributed by atoms with Crippen LogP contribution in [0.3, 0.4) is 0 Å². The number of benzene rings is 1. The Bertz CT molecular complexity index is 586. The number of nitrogens with zero attached hydrogens (tertiary/aromatic N) is 2. The number of esters is 1. The average molecular weight is 253 g/mol. The molecule has 0 amide bonds. The summed E-state index contributed by atoms with van der Waals surface area (Å²) in [6, 6.07) is 3.30. The van der Waals surface area contributed by atoms with Crippen LogP contribution in [0.15, 0.2) is 18.3 Å². The summed E-state index contributed by atoms with van der Waals surface area (Å²) in [4.78, 5) is 19.8. The lowest BCUT2D eigenvalue weighted by atomic mass is 10.1. The molecule has 1 heterocycles. The van der Waals surface area contributed by atoms with Gasteiger partial charge in [0.05, 0.1) is 25.9 Å². The van der Waals surface area contributed by atoms with Crippen LogP contribution in [0.5, 0.6) is 5.75 Å². The van der Waals surface area contributed by atoms with Gasteiger partial charge in [-0.25, -0.2) is 9.78 Å². The van der Waals surface area contributed by atoms with Crippen molar-refractivity contribution < 1.29 is 14.3 Å². The van der Waals surface area contributed by atoms with Crippen LogP contribution in [0.1, 0.15) is 10.4 Å². The van der Waals surface area contributed by atoms with Gasteiger partial charge in [-0.1, -0.05) is 11.6 Å². The lowest BCUT2D eigenvalue weighted by Crippen LogP contribution is -2.06. The van der Waals surface area contributed by atoms with E-state index in [2.05, 4.69) is 9.97 Å². The zero-order valence-electron chi connectivity index (χ0n) is 9.23. The number of halogens is 1. The van der Waals surface area contributed by atoms with Crippen molar-refractivity contribution in [2.24, 2.45) is 0 Å². The topological polar surface area (TPSA) is 61.3 Å². The van der Waals surface area contributed by atoms with Gasteiger partial charge in [0.15, 0.2) is 0 Å². The molecule has 88 valence electrons. The van der Waals surface area contributed by atoms with Crippen LogP contribution in [0.4, 0.5) is 0 Å². The third kappa shape index (κ3) is 2.01. The quantitative estimate of drug-likeness (QED) is 0.766. The molecule has 0 aliphatic carbocycles. The van der Waals surface area contributed by atoms with E-state index in [1.54, 1.807) is 12.1 Å². The van der Waals surface area contributed by atoms with Crippen LogP contribution < -0.4 is 4.74 Å². The molecule has 2 aromatic rings. The van der Waals surface area contributed by atoms with E-state index >= 15 is 0 Å². The number of ether oxygens (including phenoxy) is 2. The smallest absolute Gasteiger partial charge is 0.343 e. The summed E-state index contributed by atoms with van der Waals surface area (Å²) in [6.07, 6.45) is 1.37. The van der Waals surface area contributed by atoms with Crippen LogP contribution in [0.25, 0.3) is 11.0 Å². The summed E-state index contributed by atoms with van der Waals surface area (Å²) in [5.41, 5.74) is 1.16. The van der Waals surface area contributed by atoms with E-state index < -0.39 is 5.97 Å². The van der Waals surface area contributed by atoms with Gasteiger partial charge in [0.25, 0.3) is 0 Å². The molecule has 6 heteroatoms. The van der Waals surface area contributed by atoms with Crippen molar-refractivity contribution in [3.05, 3.63) is 29.0 Å². The Morgan fingerprint density at radius 1 is 1.35 bits per heavy atom. The summed E-state index contributed by atoms with van der Waals surface area (Å²) >= 11 is 5.74. The minimum Gasteiger partial charge on any atom is -0.496 e. The fourth-order valence-corrected chi connectivity index (χ4v) is 1.65. The van der Waals surface area contributed by atoms with Gasteiger partial charge in [0.2, 0.25) is 0 Å². The van der Waals surface area contributed by atoms with Gasteiger partial charge in [-0.05, 0) is 12.1 Å². The summed E-state index contributed by atoms with van der Waals surface area (Å²) < 4.78 is 9.80. The largest absolute Gasteiger partial charge is 0.496 e. The molecular formula is C11H9ClN2O3. The molecule has 0 N–H and O–H groups in total. The number of methoxy groups -OCH3 is 2. The van der Waals surface area contributed by atoms with Crippen molar-refractivity contribution in [3.8, 4) is 5.75 Å². The van der Waals surface area contributed by atoms with Crippen LogP contribution in [0, 0.1) is 0 Å². The molecule has 0 unspecified atom stereocenters. The van der Waals surface area contributed by atoms with Gasteiger partial charge >= 0.3 is 5.97 Å². The molecule has 0 spiro atoms. The minimum absolute atomic E-state index is 0.247. The number of carbonyl (C=O) groups is 1. The molecule has 5 nitrogen and oxygen atoms in total. The third-order valence-electron chi connectivity index (χ3n) is 2.26. The van der Waals surface area contributed by atoms with Crippen molar-refractivity contribution >= 4 is 28.6 Å². The van der Waals surface area contributed by atoms with Gasteiger partial charge in [0.1, 0.15) is 22.0 Å². The lowest BCUT2D eigenvalue weighted by molar-refractivity contribution is 0.0599. The van der Waals surface area contributed by atoms with Gasteiger partial charge in [-0.15, -0.1) is 0 Å². The first kappa shape index (κ1) is 11.6. The highest BCUT2D eigenvalue weighted by atomic mass is 35.5. The number of hydrogen-bond acceptors (Lipinski definition) is 5. The first-order chi connectivity index (χ1) is 8.17. The van der Waals surface area contributed by atoms with E-state index in [1.807, 2.05) is 0 Å². The van der Waals surface area contributed by atoms with Gasteiger partial charge in [-0.2, -0.15) is 0 Å². The molecular weight excluding hydrogens is 244 g/mol. The van der Waals surface area contributed by atoms with Crippen LogP contribution in [0.2, 0.25) is 5.15 Å². The summed E-state index contributed by atoms with van der Waals surface area (Å²) in [6.45, 7) is 0. The molecule has 0 aliphatic rings. The minimum atomic E-state index is -0.524. The molecule has 0 atom stereocenters. The molecule has 17 heavy (non-hydrogen) atoms. The van der Waals surface area contributed by atoms with Crippen LogP contribution >= 0.6 is 11.6 Å².